The highest BCUT2D eigenvalue weighted by molar-refractivity contribution is 5.85. The Hall–Kier alpha value is -0.560. The van der Waals surface area contributed by atoms with Gasteiger partial charge in [0.05, 0.1) is 25.3 Å². The van der Waals surface area contributed by atoms with Crippen LogP contribution in [-0.4, -0.2) is 67.7 Å². The van der Waals surface area contributed by atoms with Gasteiger partial charge in [-0.1, -0.05) is 0 Å². The first kappa shape index (κ1) is 17.4. The quantitative estimate of drug-likeness (QED) is 0.798. The van der Waals surface area contributed by atoms with Crippen LogP contribution in [0.3, 0.4) is 0 Å². The van der Waals surface area contributed by atoms with Gasteiger partial charge in [0, 0.05) is 26.3 Å². The van der Waals surface area contributed by atoms with E-state index in [9.17, 15) is 4.79 Å². The lowest BCUT2D eigenvalue weighted by Gasteiger charge is -2.36. The Labute approximate surface area is 114 Å². The van der Waals surface area contributed by atoms with E-state index < -0.39 is 6.09 Å². The summed E-state index contributed by atoms with van der Waals surface area (Å²) >= 11 is 0. The number of nitrogens with one attached hydrogen (secondary N) is 1. The molecule has 0 bridgehead atoms. The molecule has 2 heterocycles. The number of rotatable bonds is 4. The fourth-order valence-electron chi connectivity index (χ4n) is 1.55. The van der Waals surface area contributed by atoms with E-state index in [-0.39, 0.29) is 18.5 Å². The Morgan fingerprint density at radius 3 is 2.00 bits per heavy atom. The molecule has 0 spiro atoms. The first-order valence-electron chi connectivity index (χ1n) is 6.09. The number of nitrogens with zero attached hydrogens (tertiary/aromatic N) is 1. The van der Waals surface area contributed by atoms with Crippen molar-refractivity contribution in [3.05, 3.63) is 0 Å². The van der Waals surface area contributed by atoms with E-state index >= 15 is 0 Å². The van der Waals surface area contributed by atoms with E-state index in [1.807, 2.05) is 13.8 Å². The number of hydrogen-bond acceptors (Lipinski definition) is 4. The Balaban J connectivity index is 0.000000321. The van der Waals surface area contributed by atoms with Crippen molar-refractivity contribution < 1.29 is 19.4 Å². The highest BCUT2D eigenvalue weighted by Crippen LogP contribution is 2.10. The van der Waals surface area contributed by atoms with Gasteiger partial charge >= 0.3 is 6.09 Å². The number of ether oxygens (including phenoxy) is 2. The summed E-state index contributed by atoms with van der Waals surface area (Å²) in [5.41, 5.74) is 0. The number of likely N-dealkylation sites (tertiary alicyclic amines) is 1. The van der Waals surface area contributed by atoms with Crippen molar-refractivity contribution in [3.63, 3.8) is 0 Å². The van der Waals surface area contributed by atoms with Gasteiger partial charge < -0.3 is 24.8 Å². The molecular weight excluding hydrogens is 260 g/mol. The van der Waals surface area contributed by atoms with Crippen molar-refractivity contribution >= 4 is 18.5 Å². The molecule has 2 aliphatic heterocycles. The van der Waals surface area contributed by atoms with Gasteiger partial charge in [0.2, 0.25) is 0 Å². The highest BCUT2D eigenvalue weighted by atomic mass is 35.5. The van der Waals surface area contributed by atoms with E-state index in [4.69, 9.17) is 14.6 Å². The number of halogens is 1. The van der Waals surface area contributed by atoms with E-state index in [1.54, 1.807) is 0 Å². The largest absolute Gasteiger partial charge is 0.465 e. The predicted octanol–water partition coefficient (Wildman–Crippen LogP) is 0.802. The normalized spacial score (nSPS) is 18.9. The molecule has 0 saturated carbocycles. The average molecular weight is 283 g/mol. The molecule has 18 heavy (non-hydrogen) atoms. The van der Waals surface area contributed by atoms with Crippen molar-refractivity contribution in [2.24, 2.45) is 0 Å². The minimum atomic E-state index is -0.851. The Bertz CT molecular complexity index is 233. The van der Waals surface area contributed by atoms with Crippen LogP contribution in [0.15, 0.2) is 0 Å². The molecule has 0 radical (unpaired) electrons. The smallest absolute Gasteiger partial charge is 0.407 e. The van der Waals surface area contributed by atoms with Crippen molar-refractivity contribution in [2.75, 3.05) is 39.4 Å². The minimum Gasteiger partial charge on any atom is -0.465 e. The zero-order valence-corrected chi connectivity index (χ0v) is 11.7. The van der Waals surface area contributed by atoms with Crippen LogP contribution in [-0.2, 0) is 9.47 Å². The van der Waals surface area contributed by atoms with Crippen LogP contribution < -0.4 is 5.32 Å². The van der Waals surface area contributed by atoms with Gasteiger partial charge in [0.15, 0.2) is 0 Å². The molecule has 2 N–H and O–H groups in total. The molecular formula is C11H23ClN2O4. The Morgan fingerprint density at radius 1 is 1.22 bits per heavy atom. The van der Waals surface area contributed by atoms with Crippen molar-refractivity contribution in [2.45, 2.75) is 26.1 Å². The number of amides is 1. The zero-order valence-electron chi connectivity index (χ0n) is 10.9. The molecule has 6 nitrogen and oxygen atoms in total. The maximum Gasteiger partial charge on any atom is 0.407 e. The standard InChI is InChI=1S/C6H11NO3.C5H11NO.ClH/c1-2-10-5-3-7(4-5)6(8)9;1-2-7-5-3-6-4-5;/h5H,2-4H2,1H3,(H,8,9);5-6H,2-4H2,1H3;1H. The average Bonchev–Trinajstić information content (AvgIpc) is 2.17. The molecule has 0 aliphatic carbocycles. The molecule has 1 amide bonds. The monoisotopic (exact) mass is 282 g/mol. The lowest BCUT2D eigenvalue weighted by atomic mass is 10.2. The number of carboxylic acid groups (broad SMARTS) is 1. The van der Waals surface area contributed by atoms with Crippen LogP contribution in [0.2, 0.25) is 0 Å². The van der Waals surface area contributed by atoms with Gasteiger partial charge in [-0.15, -0.1) is 12.4 Å². The lowest BCUT2D eigenvalue weighted by Crippen LogP contribution is -2.54. The second-order valence-corrected chi connectivity index (χ2v) is 4.00. The summed E-state index contributed by atoms with van der Waals surface area (Å²) in [6.45, 7) is 8.61. The molecule has 0 aromatic rings. The fourth-order valence-corrected chi connectivity index (χ4v) is 1.55. The third-order valence-electron chi connectivity index (χ3n) is 2.67. The van der Waals surface area contributed by atoms with Gasteiger partial charge in [0.1, 0.15) is 0 Å². The third kappa shape index (κ3) is 5.86. The molecule has 0 atom stereocenters. The van der Waals surface area contributed by atoms with E-state index in [0.29, 0.717) is 25.8 Å². The zero-order chi connectivity index (χ0) is 12.7. The topological polar surface area (TPSA) is 71.0 Å². The van der Waals surface area contributed by atoms with Crippen molar-refractivity contribution in [1.82, 2.24) is 10.2 Å². The van der Waals surface area contributed by atoms with Gasteiger partial charge in [0.25, 0.3) is 0 Å². The highest BCUT2D eigenvalue weighted by Gasteiger charge is 2.30. The summed E-state index contributed by atoms with van der Waals surface area (Å²) in [5, 5.41) is 11.5. The van der Waals surface area contributed by atoms with Crippen molar-refractivity contribution in [1.29, 1.82) is 0 Å². The minimum absolute atomic E-state index is 0. The van der Waals surface area contributed by atoms with Gasteiger partial charge in [-0.05, 0) is 13.8 Å². The molecule has 0 aromatic heterocycles. The molecule has 2 rings (SSSR count). The summed E-state index contributed by atoms with van der Waals surface area (Å²) in [6.07, 6.45) is -0.193. The SMILES string of the molecule is CCOC1CN(C(=O)O)C1.CCOC1CNC1.Cl. The third-order valence-corrected chi connectivity index (χ3v) is 2.67. The van der Waals surface area contributed by atoms with Crippen LogP contribution >= 0.6 is 12.4 Å². The van der Waals surface area contributed by atoms with Crippen LogP contribution in [0.1, 0.15) is 13.8 Å². The predicted molar refractivity (Wildman–Crippen MR) is 70.5 cm³/mol. The second kappa shape index (κ2) is 9.38. The molecule has 2 aliphatic rings. The lowest BCUT2D eigenvalue weighted by molar-refractivity contribution is -0.0393. The number of carbonyl (C=O) groups is 1. The molecule has 2 fully saturated rings. The maximum absolute atomic E-state index is 10.2. The summed E-state index contributed by atoms with van der Waals surface area (Å²) < 4.78 is 10.4. The van der Waals surface area contributed by atoms with Gasteiger partial charge in [-0.2, -0.15) is 0 Å². The van der Waals surface area contributed by atoms with E-state index in [1.165, 1.54) is 4.90 Å². The fraction of sp³-hybridized carbons (Fsp3) is 0.909. The Kier molecular flexibility index (Phi) is 9.09. The molecule has 2 saturated heterocycles. The van der Waals surface area contributed by atoms with Crippen LogP contribution in [0.4, 0.5) is 4.79 Å². The molecule has 7 heteroatoms. The van der Waals surface area contributed by atoms with Crippen LogP contribution in [0, 0.1) is 0 Å². The Morgan fingerprint density at radius 2 is 1.72 bits per heavy atom. The second-order valence-electron chi connectivity index (χ2n) is 4.00. The summed E-state index contributed by atoms with van der Waals surface area (Å²) in [7, 11) is 0. The van der Waals surface area contributed by atoms with E-state index in [2.05, 4.69) is 5.32 Å². The molecule has 108 valence electrons. The maximum atomic E-state index is 10.2. The molecule has 0 unspecified atom stereocenters. The molecule has 0 aromatic carbocycles. The van der Waals surface area contributed by atoms with Crippen LogP contribution in [0.25, 0.3) is 0 Å². The van der Waals surface area contributed by atoms with E-state index in [0.717, 1.165) is 19.7 Å². The summed E-state index contributed by atoms with van der Waals surface area (Å²) in [4.78, 5) is 11.5. The van der Waals surface area contributed by atoms with Gasteiger partial charge in [-0.25, -0.2) is 4.79 Å². The number of hydrogen-bond donors (Lipinski definition) is 2. The first-order chi connectivity index (χ1) is 8.17. The van der Waals surface area contributed by atoms with Gasteiger partial charge in [-0.3, -0.25) is 0 Å². The summed E-state index contributed by atoms with van der Waals surface area (Å²) in [6, 6.07) is 0. The van der Waals surface area contributed by atoms with Crippen LogP contribution in [0.5, 0.6) is 0 Å². The van der Waals surface area contributed by atoms with Crippen molar-refractivity contribution in [3.8, 4) is 0 Å². The first-order valence-corrected chi connectivity index (χ1v) is 6.09. The summed E-state index contributed by atoms with van der Waals surface area (Å²) in [5.74, 6) is 0.